The van der Waals surface area contributed by atoms with Crippen molar-refractivity contribution in [1.29, 1.82) is 0 Å². The predicted octanol–water partition coefficient (Wildman–Crippen LogP) is 4.27. The van der Waals surface area contributed by atoms with Gasteiger partial charge in [0.25, 0.3) is 0 Å². The number of alkyl halides is 1. The van der Waals surface area contributed by atoms with E-state index in [4.69, 9.17) is 0 Å². The fourth-order valence-electron chi connectivity index (χ4n) is 7.27. The van der Waals surface area contributed by atoms with Crippen molar-refractivity contribution in [3.05, 3.63) is 0 Å². The quantitative estimate of drug-likeness (QED) is 0.662. The molecule has 0 atom stereocenters. The van der Waals surface area contributed by atoms with Gasteiger partial charge in [0.15, 0.2) is 0 Å². The lowest BCUT2D eigenvalue weighted by Crippen LogP contribution is -2.84. The Balaban J connectivity index is 1.29. The molecule has 0 unspecified atom stereocenters. The summed E-state index contributed by atoms with van der Waals surface area (Å²) in [7, 11) is 0. The maximum absolute atomic E-state index is 3.91. The number of hydrogen-bond donors (Lipinski definition) is 0. The fraction of sp³-hybridized carbons (Fsp3) is 1.00. The first-order valence-electron chi connectivity index (χ1n) is 7.22. The zero-order valence-electron chi connectivity index (χ0n) is 9.82. The third-order valence-corrected chi connectivity index (χ3v) is 9.13. The molecule has 0 amide bonds. The van der Waals surface area contributed by atoms with Crippen LogP contribution in [-0.4, -0.2) is 4.32 Å². The number of halogens is 1. The minimum absolute atomic E-state index is 0.645. The van der Waals surface area contributed by atoms with E-state index in [0.717, 1.165) is 21.7 Å². The summed E-state index contributed by atoms with van der Waals surface area (Å²) in [6.45, 7) is 0. The van der Waals surface area contributed by atoms with Crippen LogP contribution in [-0.2, 0) is 0 Å². The lowest BCUT2D eigenvalue weighted by atomic mass is 9.13. The van der Waals surface area contributed by atoms with Crippen LogP contribution in [0.2, 0.25) is 0 Å². The van der Waals surface area contributed by atoms with E-state index in [-0.39, 0.29) is 0 Å². The molecule has 0 aromatic carbocycles. The van der Waals surface area contributed by atoms with E-state index >= 15 is 0 Å². The van der Waals surface area contributed by atoms with E-state index in [1.165, 1.54) is 25.2 Å². The van der Waals surface area contributed by atoms with Gasteiger partial charge in [-0.15, -0.1) is 0 Å². The van der Waals surface area contributed by atoms with Crippen molar-refractivity contribution in [3.63, 3.8) is 0 Å². The Morgan fingerprint density at radius 2 is 1.06 bits per heavy atom. The highest BCUT2D eigenvalue weighted by Gasteiger charge is 2.88. The summed E-state index contributed by atoms with van der Waals surface area (Å²) in [5.74, 6) is 1.19. The van der Waals surface area contributed by atoms with E-state index in [2.05, 4.69) is 15.9 Å². The summed E-state index contributed by atoms with van der Waals surface area (Å²) in [5, 5.41) is 0. The average Bonchev–Trinajstić information content (AvgIpc) is 1.77. The molecule has 0 aromatic heterocycles. The standard InChI is InChI=1S/C15H19Br/c16-15-7-14(8-15,9-15)13-4-12(5-13,6-13)11-1-10(2-11)3-11/h10H,1-9H2. The van der Waals surface area contributed by atoms with E-state index in [1.54, 1.807) is 38.5 Å². The molecule has 0 aromatic rings. The Morgan fingerprint density at radius 1 is 0.625 bits per heavy atom. The summed E-state index contributed by atoms with van der Waals surface area (Å²) >= 11 is 3.91. The fourth-order valence-corrected chi connectivity index (χ4v) is 8.88. The van der Waals surface area contributed by atoms with Crippen molar-refractivity contribution in [1.82, 2.24) is 0 Å². The molecule has 9 rings (SSSR count). The van der Waals surface area contributed by atoms with Gasteiger partial charge in [-0.3, -0.25) is 0 Å². The SMILES string of the molecule is BrC12CC(C34CC(C56CC(C5)C6)(C3)C4)(C1)C2. The third kappa shape index (κ3) is 0.545. The van der Waals surface area contributed by atoms with E-state index in [1.807, 2.05) is 0 Å². The smallest absolute Gasteiger partial charge is 0.0274 e. The van der Waals surface area contributed by atoms with Gasteiger partial charge >= 0.3 is 0 Å². The Labute approximate surface area is 106 Å². The molecule has 9 fully saturated rings. The minimum Gasteiger partial charge on any atom is -0.0853 e. The second-order valence-corrected chi connectivity index (χ2v) is 10.5. The average molecular weight is 279 g/mol. The van der Waals surface area contributed by atoms with Gasteiger partial charge in [0, 0.05) is 4.32 Å². The molecule has 0 heterocycles. The van der Waals surface area contributed by atoms with Crippen LogP contribution in [0.15, 0.2) is 0 Å². The van der Waals surface area contributed by atoms with Crippen LogP contribution in [0.3, 0.4) is 0 Å². The summed E-state index contributed by atoms with van der Waals surface area (Å²) in [4.78, 5) is 0. The molecule has 0 spiro atoms. The molecular weight excluding hydrogens is 260 g/mol. The molecule has 9 saturated carbocycles. The van der Waals surface area contributed by atoms with Crippen LogP contribution >= 0.6 is 15.9 Å². The van der Waals surface area contributed by atoms with Crippen LogP contribution in [0.1, 0.15) is 57.8 Å². The largest absolute Gasteiger partial charge is 0.0853 e. The monoisotopic (exact) mass is 278 g/mol. The van der Waals surface area contributed by atoms with Crippen molar-refractivity contribution in [3.8, 4) is 0 Å². The summed E-state index contributed by atoms with van der Waals surface area (Å²) < 4.78 is 0.645. The molecule has 0 N–H and O–H groups in total. The van der Waals surface area contributed by atoms with Crippen molar-refractivity contribution in [2.24, 2.45) is 27.6 Å². The number of hydrogen-bond acceptors (Lipinski definition) is 0. The summed E-state index contributed by atoms with van der Waals surface area (Å²) in [5.41, 5.74) is 3.59. The van der Waals surface area contributed by atoms with Crippen LogP contribution in [0, 0.1) is 27.6 Å². The second-order valence-electron chi connectivity index (χ2n) is 8.81. The molecule has 9 aliphatic rings. The van der Waals surface area contributed by atoms with Gasteiger partial charge in [-0.25, -0.2) is 0 Å². The maximum Gasteiger partial charge on any atom is 0.0274 e. The first-order valence-corrected chi connectivity index (χ1v) is 8.01. The number of rotatable bonds is 2. The Bertz CT molecular complexity index is 392. The highest BCUT2D eigenvalue weighted by atomic mass is 79.9. The van der Waals surface area contributed by atoms with Gasteiger partial charge in [-0.1, -0.05) is 15.9 Å². The van der Waals surface area contributed by atoms with Gasteiger partial charge in [-0.05, 0) is 85.4 Å². The first kappa shape index (κ1) is 8.56. The van der Waals surface area contributed by atoms with E-state index in [0.29, 0.717) is 4.32 Å². The zero-order valence-corrected chi connectivity index (χ0v) is 11.4. The normalized spacial score (nSPS) is 80.4. The lowest BCUT2D eigenvalue weighted by Gasteiger charge is -2.92. The highest BCUT2D eigenvalue weighted by molar-refractivity contribution is 9.10. The predicted molar refractivity (Wildman–Crippen MR) is 66.4 cm³/mol. The van der Waals surface area contributed by atoms with Gasteiger partial charge < -0.3 is 0 Å². The molecule has 0 radical (unpaired) electrons. The third-order valence-electron chi connectivity index (χ3n) is 8.28. The topological polar surface area (TPSA) is 0 Å². The summed E-state index contributed by atoms with van der Waals surface area (Å²) in [6, 6.07) is 0. The molecule has 16 heavy (non-hydrogen) atoms. The molecule has 0 nitrogen and oxygen atoms in total. The molecule has 0 saturated heterocycles. The Hall–Kier alpha value is 0.480. The lowest BCUT2D eigenvalue weighted by molar-refractivity contribution is -0.413. The Kier molecular flexibility index (Phi) is 0.962. The van der Waals surface area contributed by atoms with Gasteiger partial charge in [-0.2, -0.15) is 0 Å². The van der Waals surface area contributed by atoms with Crippen LogP contribution in [0.5, 0.6) is 0 Å². The summed E-state index contributed by atoms with van der Waals surface area (Å²) in [6.07, 6.45) is 14.5. The van der Waals surface area contributed by atoms with Gasteiger partial charge in [0.2, 0.25) is 0 Å². The highest BCUT2D eigenvalue weighted by Crippen LogP contribution is 2.96. The Morgan fingerprint density at radius 3 is 1.44 bits per heavy atom. The van der Waals surface area contributed by atoms with E-state index in [9.17, 15) is 0 Å². The van der Waals surface area contributed by atoms with Gasteiger partial charge in [0.05, 0.1) is 0 Å². The second kappa shape index (κ2) is 1.80. The maximum atomic E-state index is 3.91. The van der Waals surface area contributed by atoms with Crippen molar-refractivity contribution in [2.45, 2.75) is 62.1 Å². The van der Waals surface area contributed by atoms with Crippen molar-refractivity contribution in [2.75, 3.05) is 0 Å². The minimum atomic E-state index is 0.645. The molecule has 86 valence electrons. The van der Waals surface area contributed by atoms with Crippen LogP contribution < -0.4 is 0 Å². The first-order chi connectivity index (χ1) is 7.53. The molecule has 0 aliphatic heterocycles. The molecule has 9 aliphatic carbocycles. The van der Waals surface area contributed by atoms with Crippen molar-refractivity contribution >= 4 is 15.9 Å². The van der Waals surface area contributed by atoms with Crippen LogP contribution in [0.25, 0.3) is 0 Å². The zero-order chi connectivity index (χ0) is 10.4. The molecule has 1 heteroatoms. The van der Waals surface area contributed by atoms with Gasteiger partial charge in [0.1, 0.15) is 0 Å². The van der Waals surface area contributed by atoms with E-state index < -0.39 is 0 Å². The van der Waals surface area contributed by atoms with Crippen LogP contribution in [0.4, 0.5) is 0 Å². The van der Waals surface area contributed by atoms with Crippen molar-refractivity contribution < 1.29 is 0 Å². The molecule has 6 bridgehead atoms. The molecular formula is C15H19Br.